The lowest BCUT2D eigenvalue weighted by molar-refractivity contribution is 1.18. The first-order valence-corrected chi connectivity index (χ1v) is 19.9. The summed E-state index contributed by atoms with van der Waals surface area (Å²) in [7, 11) is 0. The second-order valence-electron chi connectivity index (χ2n) is 15.0. The van der Waals surface area contributed by atoms with Crippen LogP contribution in [0, 0.1) is 0 Å². The molecule has 0 unspecified atom stereocenters. The van der Waals surface area contributed by atoms with Crippen molar-refractivity contribution in [2.24, 2.45) is 0 Å². The fourth-order valence-electron chi connectivity index (χ4n) is 8.71. The second kappa shape index (κ2) is 14.1. The molecule has 2 heteroatoms. The molecular weight excluding hydrogens is 701 g/mol. The van der Waals surface area contributed by atoms with E-state index in [4.69, 9.17) is 0 Å². The van der Waals surface area contributed by atoms with Crippen molar-refractivity contribution in [3.05, 3.63) is 231 Å². The Bertz CT molecular complexity index is 3200. The van der Waals surface area contributed by atoms with Gasteiger partial charge in [-0.1, -0.05) is 164 Å². The fraction of sp³-hybridized carbons (Fsp3) is 0. The number of fused-ring (bicyclic) bond motifs is 5. The molecule has 0 aliphatic rings. The summed E-state index contributed by atoms with van der Waals surface area (Å²) in [6, 6.07) is 83.7. The highest BCUT2D eigenvalue weighted by atomic mass is 15.1. The standard InChI is InChI=1S/C56H38N2/c1-2-13-44-37-46(24-23-39(44)11-1)41-27-33-48(34-28-41)57(49-35-29-43(30-36-49)52-20-10-14-42-12-3-4-17-51(42)52)47-31-25-40(26-32-47)45-15-9-16-50(38-45)58-55-21-7-5-18-53(55)54-19-6-8-22-56(54)58/h1-38H. The van der Waals surface area contributed by atoms with Crippen molar-refractivity contribution < 1.29 is 0 Å². The van der Waals surface area contributed by atoms with Crippen molar-refractivity contribution in [1.29, 1.82) is 0 Å². The normalized spacial score (nSPS) is 11.4. The number of para-hydroxylation sites is 2. The van der Waals surface area contributed by atoms with Crippen LogP contribution in [0.2, 0.25) is 0 Å². The lowest BCUT2D eigenvalue weighted by atomic mass is 9.98. The molecule has 0 atom stereocenters. The Labute approximate surface area is 338 Å². The van der Waals surface area contributed by atoms with Gasteiger partial charge in [0.05, 0.1) is 11.0 Å². The molecule has 0 spiro atoms. The number of hydrogen-bond donors (Lipinski definition) is 0. The molecule has 0 saturated heterocycles. The average molecular weight is 739 g/mol. The highest BCUT2D eigenvalue weighted by Crippen LogP contribution is 2.39. The summed E-state index contributed by atoms with van der Waals surface area (Å²) in [6.07, 6.45) is 0. The maximum Gasteiger partial charge on any atom is 0.0541 e. The number of benzene rings is 10. The molecule has 1 aromatic heterocycles. The fourth-order valence-corrected chi connectivity index (χ4v) is 8.71. The van der Waals surface area contributed by atoms with Gasteiger partial charge in [-0.3, -0.25) is 0 Å². The lowest BCUT2D eigenvalue weighted by Crippen LogP contribution is -2.09. The van der Waals surface area contributed by atoms with E-state index in [2.05, 4.69) is 240 Å². The van der Waals surface area contributed by atoms with Gasteiger partial charge >= 0.3 is 0 Å². The van der Waals surface area contributed by atoms with Crippen molar-refractivity contribution >= 4 is 60.4 Å². The van der Waals surface area contributed by atoms with E-state index >= 15 is 0 Å². The van der Waals surface area contributed by atoms with E-state index in [1.807, 2.05) is 0 Å². The number of rotatable bonds is 7. The van der Waals surface area contributed by atoms with E-state index in [9.17, 15) is 0 Å². The van der Waals surface area contributed by atoms with Crippen LogP contribution in [0.4, 0.5) is 17.1 Å². The Kier molecular flexibility index (Phi) is 8.19. The summed E-state index contributed by atoms with van der Waals surface area (Å²) >= 11 is 0. The molecule has 0 amide bonds. The molecule has 0 bridgehead atoms. The minimum Gasteiger partial charge on any atom is -0.311 e. The van der Waals surface area contributed by atoms with E-state index in [0.29, 0.717) is 0 Å². The molecule has 58 heavy (non-hydrogen) atoms. The third kappa shape index (κ3) is 5.91. The largest absolute Gasteiger partial charge is 0.311 e. The van der Waals surface area contributed by atoms with Gasteiger partial charge in [-0.05, 0) is 122 Å². The van der Waals surface area contributed by atoms with Gasteiger partial charge in [0.2, 0.25) is 0 Å². The first-order valence-electron chi connectivity index (χ1n) is 19.9. The zero-order valence-corrected chi connectivity index (χ0v) is 31.8. The summed E-state index contributed by atoms with van der Waals surface area (Å²) < 4.78 is 2.38. The molecule has 11 rings (SSSR count). The van der Waals surface area contributed by atoms with Crippen LogP contribution in [-0.4, -0.2) is 4.57 Å². The van der Waals surface area contributed by atoms with Gasteiger partial charge in [0.15, 0.2) is 0 Å². The van der Waals surface area contributed by atoms with Crippen LogP contribution in [0.1, 0.15) is 0 Å². The van der Waals surface area contributed by atoms with Crippen LogP contribution in [0.25, 0.3) is 82.4 Å². The summed E-state index contributed by atoms with van der Waals surface area (Å²) in [5.74, 6) is 0. The van der Waals surface area contributed by atoms with Gasteiger partial charge in [0.1, 0.15) is 0 Å². The Morgan fingerprint density at radius 1 is 0.276 bits per heavy atom. The van der Waals surface area contributed by atoms with Crippen LogP contribution in [0.3, 0.4) is 0 Å². The maximum absolute atomic E-state index is 2.38. The Morgan fingerprint density at radius 3 is 1.38 bits per heavy atom. The quantitative estimate of drug-likeness (QED) is 0.158. The van der Waals surface area contributed by atoms with Crippen molar-refractivity contribution in [3.8, 4) is 39.1 Å². The van der Waals surface area contributed by atoms with E-state index < -0.39 is 0 Å². The second-order valence-corrected chi connectivity index (χ2v) is 15.0. The number of nitrogens with zero attached hydrogens (tertiary/aromatic N) is 2. The molecule has 0 saturated carbocycles. The van der Waals surface area contributed by atoms with Gasteiger partial charge in [0, 0.05) is 33.5 Å². The van der Waals surface area contributed by atoms with Crippen LogP contribution >= 0.6 is 0 Å². The maximum atomic E-state index is 2.38. The highest BCUT2D eigenvalue weighted by Gasteiger charge is 2.16. The minimum absolute atomic E-state index is 1.10. The van der Waals surface area contributed by atoms with E-state index in [1.54, 1.807) is 0 Å². The zero-order chi connectivity index (χ0) is 38.4. The summed E-state index contributed by atoms with van der Waals surface area (Å²) in [6.45, 7) is 0. The van der Waals surface area contributed by atoms with E-state index in [-0.39, 0.29) is 0 Å². The molecule has 0 fully saturated rings. The monoisotopic (exact) mass is 738 g/mol. The molecule has 0 N–H and O–H groups in total. The molecule has 0 radical (unpaired) electrons. The SMILES string of the molecule is c1cc(-c2ccc(N(c3ccc(-c4ccc5ccccc5c4)cc3)c3ccc(-c4cccc5ccccc45)cc3)cc2)cc(-n2c3ccccc3c3ccccc32)c1. The molecule has 0 aliphatic heterocycles. The van der Waals surface area contributed by atoms with E-state index in [1.165, 1.54) is 76.7 Å². The topological polar surface area (TPSA) is 8.17 Å². The van der Waals surface area contributed by atoms with Crippen LogP contribution in [0.15, 0.2) is 231 Å². The average Bonchev–Trinajstić information content (AvgIpc) is 3.64. The molecule has 1 heterocycles. The van der Waals surface area contributed by atoms with Crippen LogP contribution in [-0.2, 0) is 0 Å². The number of anilines is 3. The first-order chi connectivity index (χ1) is 28.7. The van der Waals surface area contributed by atoms with Crippen molar-refractivity contribution in [2.75, 3.05) is 4.90 Å². The Balaban J connectivity index is 0.972. The molecule has 2 nitrogen and oxygen atoms in total. The number of aromatic nitrogens is 1. The van der Waals surface area contributed by atoms with Crippen LogP contribution < -0.4 is 4.90 Å². The minimum atomic E-state index is 1.10. The molecule has 10 aromatic carbocycles. The van der Waals surface area contributed by atoms with Crippen LogP contribution in [0.5, 0.6) is 0 Å². The molecular formula is C56H38N2. The summed E-state index contributed by atoms with van der Waals surface area (Å²) in [4.78, 5) is 2.36. The van der Waals surface area contributed by atoms with Gasteiger partial charge in [0.25, 0.3) is 0 Å². The van der Waals surface area contributed by atoms with Gasteiger partial charge < -0.3 is 9.47 Å². The van der Waals surface area contributed by atoms with Crippen molar-refractivity contribution in [1.82, 2.24) is 4.57 Å². The molecule has 272 valence electrons. The predicted octanol–water partition coefficient (Wildman–Crippen LogP) is 15.6. The first kappa shape index (κ1) is 33.6. The summed E-state index contributed by atoms with van der Waals surface area (Å²) in [5, 5.41) is 7.54. The molecule has 0 aliphatic carbocycles. The third-order valence-corrected chi connectivity index (χ3v) is 11.6. The third-order valence-electron chi connectivity index (χ3n) is 11.6. The molecule has 11 aromatic rings. The van der Waals surface area contributed by atoms with Crippen molar-refractivity contribution in [3.63, 3.8) is 0 Å². The lowest BCUT2D eigenvalue weighted by Gasteiger charge is -2.26. The summed E-state index contributed by atoms with van der Waals surface area (Å²) in [5.41, 5.74) is 14.1. The van der Waals surface area contributed by atoms with Crippen molar-refractivity contribution in [2.45, 2.75) is 0 Å². The van der Waals surface area contributed by atoms with Gasteiger partial charge in [-0.2, -0.15) is 0 Å². The van der Waals surface area contributed by atoms with Gasteiger partial charge in [-0.15, -0.1) is 0 Å². The Morgan fingerprint density at radius 2 is 0.741 bits per heavy atom. The smallest absolute Gasteiger partial charge is 0.0541 e. The predicted molar refractivity (Wildman–Crippen MR) is 247 cm³/mol. The number of hydrogen-bond acceptors (Lipinski definition) is 1. The zero-order valence-electron chi connectivity index (χ0n) is 31.8. The van der Waals surface area contributed by atoms with E-state index in [0.717, 1.165) is 22.7 Å². The van der Waals surface area contributed by atoms with Gasteiger partial charge in [-0.25, -0.2) is 0 Å². The Hall–Kier alpha value is -7.68. The highest BCUT2D eigenvalue weighted by molar-refractivity contribution is 6.09.